The van der Waals surface area contributed by atoms with Crippen LogP contribution in [0, 0.1) is 16.0 Å². The molecular weight excluding hydrogens is 236 g/mol. The lowest BCUT2D eigenvalue weighted by Crippen LogP contribution is -2.28. The Bertz CT molecular complexity index is 501. The molecule has 2 rings (SSSR count). The molecule has 0 radical (unpaired) electrons. The summed E-state index contributed by atoms with van der Waals surface area (Å²) in [5, 5.41) is 20.2. The Morgan fingerprint density at radius 3 is 2.78 bits per heavy atom. The molecule has 1 fully saturated rings. The highest BCUT2D eigenvalue weighted by atomic mass is 16.6. The zero-order valence-corrected chi connectivity index (χ0v) is 10.00. The van der Waals surface area contributed by atoms with E-state index in [9.17, 15) is 20.0 Å². The molecule has 1 heterocycles. The fourth-order valence-electron chi connectivity index (χ4n) is 2.10. The number of hydrogen-bond acceptors (Lipinski definition) is 4. The van der Waals surface area contributed by atoms with Gasteiger partial charge in [0.15, 0.2) is 0 Å². The number of carbonyl (C=O) groups excluding carboxylic acids is 1. The van der Waals surface area contributed by atoms with E-state index in [4.69, 9.17) is 0 Å². The van der Waals surface area contributed by atoms with Crippen molar-refractivity contribution < 1.29 is 14.8 Å². The van der Waals surface area contributed by atoms with E-state index in [1.807, 2.05) is 0 Å². The van der Waals surface area contributed by atoms with E-state index in [2.05, 4.69) is 6.92 Å². The SMILES string of the molecule is CC1CCN(C(=O)c2ccc([N+](=O)[O-])cc2O)C1. The van der Waals surface area contributed by atoms with Gasteiger partial charge in [0.2, 0.25) is 0 Å². The predicted octanol–water partition coefficient (Wildman–Crippen LogP) is 1.78. The number of amides is 1. The zero-order chi connectivity index (χ0) is 13.3. The summed E-state index contributed by atoms with van der Waals surface area (Å²) in [5.41, 5.74) is -0.103. The Morgan fingerprint density at radius 1 is 1.56 bits per heavy atom. The van der Waals surface area contributed by atoms with Crippen LogP contribution < -0.4 is 0 Å². The normalized spacial score (nSPS) is 18.9. The lowest BCUT2D eigenvalue weighted by molar-refractivity contribution is -0.384. The summed E-state index contributed by atoms with van der Waals surface area (Å²) in [4.78, 5) is 23.7. The standard InChI is InChI=1S/C12H14N2O4/c1-8-4-5-13(7-8)12(16)10-3-2-9(14(17)18)6-11(10)15/h2-3,6,8,15H,4-5,7H2,1H3. The van der Waals surface area contributed by atoms with Crippen LogP contribution in [0.25, 0.3) is 0 Å². The average molecular weight is 250 g/mol. The van der Waals surface area contributed by atoms with Crippen molar-refractivity contribution in [3.05, 3.63) is 33.9 Å². The number of nitrogens with zero attached hydrogens (tertiary/aromatic N) is 2. The van der Waals surface area contributed by atoms with Crippen molar-refractivity contribution >= 4 is 11.6 Å². The summed E-state index contributed by atoms with van der Waals surface area (Å²) in [6, 6.07) is 3.54. The van der Waals surface area contributed by atoms with Gasteiger partial charge >= 0.3 is 0 Å². The highest BCUT2D eigenvalue weighted by Crippen LogP contribution is 2.26. The topological polar surface area (TPSA) is 83.7 Å². The van der Waals surface area contributed by atoms with Gasteiger partial charge in [0.25, 0.3) is 11.6 Å². The first-order chi connectivity index (χ1) is 8.49. The third kappa shape index (κ3) is 2.27. The molecule has 1 aliphatic heterocycles. The number of aromatic hydroxyl groups is 1. The molecule has 0 saturated carbocycles. The van der Waals surface area contributed by atoms with Crippen LogP contribution in [-0.2, 0) is 0 Å². The van der Waals surface area contributed by atoms with Gasteiger partial charge in [-0.05, 0) is 18.4 Å². The van der Waals surface area contributed by atoms with Crippen LogP contribution in [0.4, 0.5) is 5.69 Å². The number of phenolic OH excluding ortho intramolecular Hbond substituents is 1. The smallest absolute Gasteiger partial charge is 0.273 e. The fraction of sp³-hybridized carbons (Fsp3) is 0.417. The number of carbonyl (C=O) groups is 1. The molecule has 1 aliphatic rings. The minimum absolute atomic E-state index is 0.120. The number of likely N-dealkylation sites (tertiary alicyclic amines) is 1. The molecule has 1 N–H and O–H groups in total. The highest BCUT2D eigenvalue weighted by molar-refractivity contribution is 5.97. The maximum Gasteiger partial charge on any atom is 0.273 e. The molecule has 0 aliphatic carbocycles. The van der Waals surface area contributed by atoms with Gasteiger partial charge in [-0.1, -0.05) is 6.92 Å². The number of non-ortho nitro benzene ring substituents is 1. The minimum Gasteiger partial charge on any atom is -0.507 e. The first-order valence-electron chi connectivity index (χ1n) is 5.75. The molecule has 1 unspecified atom stereocenters. The first-order valence-corrected chi connectivity index (χ1v) is 5.75. The fourth-order valence-corrected chi connectivity index (χ4v) is 2.10. The number of nitro benzene ring substituents is 1. The Kier molecular flexibility index (Phi) is 3.18. The number of hydrogen-bond donors (Lipinski definition) is 1. The zero-order valence-electron chi connectivity index (χ0n) is 10.00. The van der Waals surface area contributed by atoms with Crippen LogP contribution in [0.5, 0.6) is 5.75 Å². The summed E-state index contributed by atoms with van der Waals surface area (Å²) >= 11 is 0. The van der Waals surface area contributed by atoms with Crippen LogP contribution in [-0.4, -0.2) is 33.9 Å². The molecule has 1 atom stereocenters. The predicted molar refractivity (Wildman–Crippen MR) is 64.4 cm³/mol. The van der Waals surface area contributed by atoms with Crippen molar-refractivity contribution in [2.75, 3.05) is 13.1 Å². The number of phenols is 1. The van der Waals surface area contributed by atoms with Crippen LogP contribution in [0.1, 0.15) is 23.7 Å². The Labute approximate surface area is 104 Å². The van der Waals surface area contributed by atoms with Gasteiger partial charge in [-0.2, -0.15) is 0 Å². The van der Waals surface area contributed by atoms with Crippen LogP contribution in [0.15, 0.2) is 18.2 Å². The largest absolute Gasteiger partial charge is 0.507 e. The maximum absolute atomic E-state index is 12.1. The molecule has 1 aromatic carbocycles. The number of rotatable bonds is 2. The molecule has 0 spiro atoms. The van der Waals surface area contributed by atoms with Crippen LogP contribution >= 0.6 is 0 Å². The van der Waals surface area contributed by atoms with E-state index in [-0.39, 0.29) is 22.9 Å². The van der Waals surface area contributed by atoms with Crippen molar-refractivity contribution in [3.63, 3.8) is 0 Å². The molecule has 1 aromatic rings. The second-order valence-corrected chi connectivity index (χ2v) is 4.60. The van der Waals surface area contributed by atoms with E-state index in [0.29, 0.717) is 19.0 Å². The van der Waals surface area contributed by atoms with Gasteiger partial charge in [0, 0.05) is 19.2 Å². The molecule has 1 amide bonds. The molecule has 0 bridgehead atoms. The van der Waals surface area contributed by atoms with Gasteiger partial charge in [-0.3, -0.25) is 14.9 Å². The van der Waals surface area contributed by atoms with E-state index >= 15 is 0 Å². The Morgan fingerprint density at radius 2 is 2.28 bits per heavy atom. The third-order valence-electron chi connectivity index (χ3n) is 3.13. The van der Waals surface area contributed by atoms with Crippen LogP contribution in [0.3, 0.4) is 0 Å². The van der Waals surface area contributed by atoms with E-state index in [1.165, 1.54) is 12.1 Å². The second-order valence-electron chi connectivity index (χ2n) is 4.60. The van der Waals surface area contributed by atoms with Gasteiger partial charge in [0.1, 0.15) is 5.75 Å². The minimum atomic E-state index is -0.605. The van der Waals surface area contributed by atoms with E-state index in [0.717, 1.165) is 12.5 Å². The maximum atomic E-state index is 12.1. The Balaban J connectivity index is 2.23. The summed E-state index contributed by atoms with van der Waals surface area (Å²) < 4.78 is 0. The van der Waals surface area contributed by atoms with Crippen molar-refractivity contribution in [2.24, 2.45) is 5.92 Å². The number of nitro groups is 1. The molecular formula is C12H14N2O4. The monoisotopic (exact) mass is 250 g/mol. The first kappa shape index (κ1) is 12.3. The second kappa shape index (κ2) is 4.64. The third-order valence-corrected chi connectivity index (χ3v) is 3.13. The summed E-state index contributed by atoms with van der Waals surface area (Å²) in [6.45, 7) is 3.38. The summed E-state index contributed by atoms with van der Waals surface area (Å²) in [7, 11) is 0. The molecule has 0 aromatic heterocycles. The van der Waals surface area contributed by atoms with Gasteiger partial charge < -0.3 is 10.0 Å². The highest BCUT2D eigenvalue weighted by Gasteiger charge is 2.26. The van der Waals surface area contributed by atoms with Gasteiger partial charge in [0.05, 0.1) is 16.6 Å². The molecule has 6 heteroatoms. The molecule has 96 valence electrons. The number of benzene rings is 1. The quantitative estimate of drug-likeness (QED) is 0.640. The Hall–Kier alpha value is -2.11. The summed E-state index contributed by atoms with van der Waals surface area (Å²) in [6.07, 6.45) is 0.944. The molecule has 1 saturated heterocycles. The average Bonchev–Trinajstić information content (AvgIpc) is 2.74. The van der Waals surface area contributed by atoms with Crippen molar-refractivity contribution in [1.82, 2.24) is 4.90 Å². The lowest BCUT2D eigenvalue weighted by Gasteiger charge is -2.16. The van der Waals surface area contributed by atoms with Crippen molar-refractivity contribution in [3.8, 4) is 5.75 Å². The van der Waals surface area contributed by atoms with Gasteiger partial charge in [-0.15, -0.1) is 0 Å². The summed E-state index contributed by atoms with van der Waals surface area (Å²) in [5.74, 6) is -0.158. The van der Waals surface area contributed by atoms with Crippen molar-refractivity contribution in [1.29, 1.82) is 0 Å². The molecule has 6 nitrogen and oxygen atoms in total. The van der Waals surface area contributed by atoms with Crippen LogP contribution in [0.2, 0.25) is 0 Å². The van der Waals surface area contributed by atoms with Crippen molar-refractivity contribution in [2.45, 2.75) is 13.3 Å². The van der Waals surface area contributed by atoms with E-state index in [1.54, 1.807) is 4.90 Å². The van der Waals surface area contributed by atoms with E-state index < -0.39 is 4.92 Å². The molecule has 18 heavy (non-hydrogen) atoms. The van der Waals surface area contributed by atoms with Gasteiger partial charge in [-0.25, -0.2) is 0 Å². The lowest BCUT2D eigenvalue weighted by atomic mass is 10.1.